The van der Waals surface area contributed by atoms with Crippen LogP contribution in [0.3, 0.4) is 0 Å². The highest BCUT2D eigenvalue weighted by atomic mass is 32.1. The molecule has 0 N–H and O–H groups in total. The zero-order valence-corrected chi connectivity index (χ0v) is 14.7. The molecule has 4 aromatic rings. The number of pyridine rings is 1. The average molecular weight is 317 g/mol. The van der Waals surface area contributed by atoms with Gasteiger partial charge in [-0.15, -0.1) is 11.3 Å². The van der Waals surface area contributed by atoms with E-state index in [1.54, 1.807) is 0 Å². The summed E-state index contributed by atoms with van der Waals surface area (Å²) in [6.07, 6.45) is 1.94. The zero-order chi connectivity index (χ0) is 16.1. The Hall–Kier alpha value is -2.19. The predicted octanol–water partition coefficient (Wildman–Crippen LogP) is 6.35. The Morgan fingerprint density at radius 3 is 2.13 bits per heavy atom. The number of aryl methyl sites for hydroxylation is 4. The molecule has 0 fully saturated rings. The van der Waals surface area contributed by atoms with E-state index in [-0.39, 0.29) is 0 Å². The number of aromatic nitrogens is 1. The van der Waals surface area contributed by atoms with Crippen molar-refractivity contribution in [1.29, 1.82) is 0 Å². The molecule has 0 aliphatic carbocycles. The van der Waals surface area contributed by atoms with Crippen LogP contribution in [0.1, 0.15) is 22.3 Å². The minimum Gasteiger partial charge on any atom is -0.256 e. The van der Waals surface area contributed by atoms with Gasteiger partial charge in [0, 0.05) is 31.9 Å². The Balaban J connectivity index is 2.06. The zero-order valence-electron chi connectivity index (χ0n) is 13.9. The van der Waals surface area contributed by atoms with Gasteiger partial charge in [-0.1, -0.05) is 17.7 Å². The normalized spacial score (nSPS) is 11.5. The maximum Gasteiger partial charge on any atom is 0.0702 e. The van der Waals surface area contributed by atoms with Crippen molar-refractivity contribution in [3.05, 3.63) is 64.8 Å². The van der Waals surface area contributed by atoms with Crippen LogP contribution in [0.4, 0.5) is 0 Å². The van der Waals surface area contributed by atoms with Gasteiger partial charge in [-0.2, -0.15) is 0 Å². The van der Waals surface area contributed by atoms with Gasteiger partial charge in [0.1, 0.15) is 0 Å². The molecular weight excluding hydrogens is 298 g/mol. The molecule has 4 rings (SSSR count). The van der Waals surface area contributed by atoms with E-state index in [9.17, 15) is 0 Å². The first-order valence-corrected chi connectivity index (χ1v) is 8.72. The number of thiophene rings is 1. The van der Waals surface area contributed by atoms with Crippen molar-refractivity contribution in [3.63, 3.8) is 0 Å². The van der Waals surface area contributed by atoms with E-state index in [2.05, 4.69) is 69.1 Å². The van der Waals surface area contributed by atoms with Crippen LogP contribution < -0.4 is 0 Å². The summed E-state index contributed by atoms with van der Waals surface area (Å²) in [4.78, 5) is 4.60. The Labute approximate surface area is 140 Å². The van der Waals surface area contributed by atoms with Gasteiger partial charge < -0.3 is 0 Å². The predicted molar refractivity (Wildman–Crippen MR) is 102 cm³/mol. The van der Waals surface area contributed by atoms with Crippen LogP contribution in [-0.2, 0) is 0 Å². The average Bonchev–Trinajstić information content (AvgIpc) is 2.88. The van der Waals surface area contributed by atoms with Crippen molar-refractivity contribution in [2.24, 2.45) is 0 Å². The van der Waals surface area contributed by atoms with E-state index in [0.29, 0.717) is 0 Å². The fourth-order valence-electron chi connectivity index (χ4n) is 3.29. The largest absolute Gasteiger partial charge is 0.256 e. The van der Waals surface area contributed by atoms with Gasteiger partial charge in [-0.3, -0.25) is 4.98 Å². The van der Waals surface area contributed by atoms with E-state index >= 15 is 0 Å². The lowest BCUT2D eigenvalue weighted by Crippen LogP contribution is -1.85. The molecular formula is C21H19NS. The monoisotopic (exact) mass is 317 g/mol. The van der Waals surface area contributed by atoms with Crippen LogP contribution in [-0.4, -0.2) is 4.98 Å². The standard InChI is InChI=1S/C21H19NS/c1-12-5-6-19(22-11-12)16-9-15(4)21-18(10-16)17-8-13(2)7-14(3)20(17)23-21/h5-11H,1-4H3. The lowest BCUT2D eigenvalue weighted by atomic mass is 10.0. The number of rotatable bonds is 1. The highest BCUT2D eigenvalue weighted by Crippen LogP contribution is 2.40. The second-order valence-electron chi connectivity index (χ2n) is 6.45. The van der Waals surface area contributed by atoms with Gasteiger partial charge in [-0.25, -0.2) is 0 Å². The summed E-state index contributed by atoms with van der Waals surface area (Å²) >= 11 is 1.91. The summed E-state index contributed by atoms with van der Waals surface area (Å²) in [5.41, 5.74) is 7.47. The molecule has 2 heterocycles. The molecule has 0 amide bonds. The number of nitrogens with zero attached hydrogens (tertiary/aromatic N) is 1. The van der Waals surface area contributed by atoms with E-state index in [0.717, 1.165) is 5.69 Å². The molecule has 0 spiro atoms. The Kier molecular flexibility index (Phi) is 3.24. The van der Waals surface area contributed by atoms with Gasteiger partial charge in [0.2, 0.25) is 0 Å². The first-order chi connectivity index (χ1) is 11.0. The summed E-state index contributed by atoms with van der Waals surface area (Å²) in [6.45, 7) is 8.66. The van der Waals surface area contributed by atoms with Crippen molar-refractivity contribution in [2.75, 3.05) is 0 Å². The van der Waals surface area contributed by atoms with Crippen LogP contribution in [0.15, 0.2) is 42.6 Å². The maximum absolute atomic E-state index is 4.60. The summed E-state index contributed by atoms with van der Waals surface area (Å²) in [5.74, 6) is 0. The van der Waals surface area contributed by atoms with Crippen LogP contribution in [0.2, 0.25) is 0 Å². The highest BCUT2D eigenvalue weighted by molar-refractivity contribution is 7.26. The smallest absolute Gasteiger partial charge is 0.0702 e. The fraction of sp³-hybridized carbons (Fsp3) is 0.190. The van der Waals surface area contributed by atoms with Crippen LogP contribution in [0, 0.1) is 27.7 Å². The number of fused-ring (bicyclic) bond motifs is 3. The summed E-state index contributed by atoms with van der Waals surface area (Å²) in [5, 5.41) is 2.73. The topological polar surface area (TPSA) is 12.9 Å². The number of hydrogen-bond acceptors (Lipinski definition) is 2. The molecule has 0 aliphatic rings. The third-order valence-corrected chi connectivity index (χ3v) is 5.89. The molecule has 1 nitrogen and oxygen atoms in total. The number of benzene rings is 2. The molecule has 23 heavy (non-hydrogen) atoms. The van der Waals surface area contributed by atoms with Gasteiger partial charge in [0.05, 0.1) is 5.69 Å². The lowest BCUT2D eigenvalue weighted by Gasteiger charge is -2.05. The molecule has 2 aromatic carbocycles. The third-order valence-electron chi connectivity index (χ3n) is 4.40. The van der Waals surface area contributed by atoms with Crippen molar-refractivity contribution in [1.82, 2.24) is 4.98 Å². The van der Waals surface area contributed by atoms with Crippen molar-refractivity contribution < 1.29 is 0 Å². The quantitative estimate of drug-likeness (QED) is 0.398. The first-order valence-electron chi connectivity index (χ1n) is 7.90. The highest BCUT2D eigenvalue weighted by Gasteiger charge is 2.12. The van der Waals surface area contributed by atoms with E-state index in [1.165, 1.54) is 48.0 Å². The van der Waals surface area contributed by atoms with E-state index in [1.807, 2.05) is 17.5 Å². The number of hydrogen-bond donors (Lipinski definition) is 0. The van der Waals surface area contributed by atoms with Crippen molar-refractivity contribution >= 4 is 31.5 Å². The summed E-state index contributed by atoms with van der Waals surface area (Å²) in [7, 11) is 0. The second-order valence-corrected chi connectivity index (χ2v) is 7.47. The molecule has 2 aromatic heterocycles. The molecule has 114 valence electrons. The molecule has 0 saturated carbocycles. The molecule has 0 bridgehead atoms. The van der Waals surface area contributed by atoms with Crippen LogP contribution in [0.25, 0.3) is 31.4 Å². The van der Waals surface area contributed by atoms with Crippen molar-refractivity contribution in [2.45, 2.75) is 27.7 Å². The van der Waals surface area contributed by atoms with Gasteiger partial charge >= 0.3 is 0 Å². The second kappa shape index (κ2) is 5.17. The van der Waals surface area contributed by atoms with Gasteiger partial charge in [0.25, 0.3) is 0 Å². The summed E-state index contributed by atoms with van der Waals surface area (Å²) < 4.78 is 2.80. The molecule has 0 atom stereocenters. The maximum atomic E-state index is 4.60. The molecule has 2 heteroatoms. The minimum absolute atomic E-state index is 1.05. The SMILES string of the molecule is Cc1ccc(-c2cc(C)c3sc4c(C)cc(C)cc4c3c2)nc1. The van der Waals surface area contributed by atoms with E-state index < -0.39 is 0 Å². The van der Waals surface area contributed by atoms with Crippen LogP contribution >= 0.6 is 11.3 Å². The Morgan fingerprint density at radius 2 is 1.43 bits per heavy atom. The molecule has 0 saturated heterocycles. The first kappa shape index (κ1) is 14.4. The van der Waals surface area contributed by atoms with E-state index in [4.69, 9.17) is 0 Å². The fourth-order valence-corrected chi connectivity index (χ4v) is 4.49. The van der Waals surface area contributed by atoms with Gasteiger partial charge in [-0.05, 0) is 68.7 Å². The Morgan fingerprint density at radius 1 is 0.739 bits per heavy atom. The van der Waals surface area contributed by atoms with Crippen molar-refractivity contribution in [3.8, 4) is 11.3 Å². The third kappa shape index (κ3) is 2.34. The minimum atomic E-state index is 1.05. The van der Waals surface area contributed by atoms with Crippen LogP contribution in [0.5, 0.6) is 0 Å². The molecule has 0 radical (unpaired) electrons. The summed E-state index contributed by atoms with van der Waals surface area (Å²) in [6, 6.07) is 13.4. The lowest BCUT2D eigenvalue weighted by molar-refractivity contribution is 1.27. The molecule has 0 aliphatic heterocycles. The molecule has 0 unspecified atom stereocenters. The van der Waals surface area contributed by atoms with Gasteiger partial charge in [0.15, 0.2) is 0 Å². The Bertz CT molecular complexity index is 1040.